The van der Waals surface area contributed by atoms with Crippen LogP contribution in [-0.4, -0.2) is 19.0 Å². The van der Waals surface area contributed by atoms with Crippen molar-refractivity contribution in [2.45, 2.75) is 12.8 Å². The monoisotopic (exact) mass is 362 g/mol. The number of carbonyl (C=O) groups is 1. The van der Waals surface area contributed by atoms with Gasteiger partial charge in [-0.05, 0) is 55.3 Å². The minimum Gasteiger partial charge on any atom is -0.372 e. The van der Waals surface area contributed by atoms with Crippen LogP contribution in [0.25, 0.3) is 0 Å². The maximum Gasteiger partial charge on any atom is 0.255 e. The number of carbonyl (C=O) groups excluding carboxylic acids is 1. The molecular formula is C17H16BrFN2O. The summed E-state index contributed by atoms with van der Waals surface area (Å²) in [5, 5.41) is 2.59. The number of hydrogen-bond acceptors (Lipinski definition) is 2. The third-order valence-electron chi connectivity index (χ3n) is 3.78. The van der Waals surface area contributed by atoms with Gasteiger partial charge in [0.05, 0.1) is 5.69 Å². The van der Waals surface area contributed by atoms with Crippen molar-refractivity contribution in [1.82, 2.24) is 0 Å². The number of hydrogen-bond donors (Lipinski definition) is 1. The van der Waals surface area contributed by atoms with Gasteiger partial charge in [0.2, 0.25) is 0 Å². The number of rotatable bonds is 3. The first-order valence-corrected chi connectivity index (χ1v) is 8.04. The van der Waals surface area contributed by atoms with Gasteiger partial charge in [-0.3, -0.25) is 4.79 Å². The molecule has 2 aromatic carbocycles. The molecule has 1 amide bonds. The molecule has 0 saturated carbocycles. The van der Waals surface area contributed by atoms with Crippen LogP contribution in [-0.2, 0) is 0 Å². The standard InChI is InChI=1S/C17H16BrFN2O/c18-13-5-8-16(15(19)11-13)20-17(22)12-3-6-14(7-4-12)21-9-1-2-10-21/h3-8,11H,1-2,9-10H2,(H,20,22). The SMILES string of the molecule is O=C(Nc1ccc(Br)cc1F)c1ccc(N2CCCC2)cc1. The summed E-state index contributed by atoms with van der Waals surface area (Å²) >= 11 is 3.19. The molecule has 1 heterocycles. The van der Waals surface area contributed by atoms with Crippen LogP contribution in [0.5, 0.6) is 0 Å². The molecule has 0 spiro atoms. The Morgan fingerprint density at radius 2 is 1.77 bits per heavy atom. The van der Waals surface area contributed by atoms with Gasteiger partial charge in [0, 0.05) is 28.8 Å². The minimum atomic E-state index is -0.462. The fourth-order valence-corrected chi connectivity index (χ4v) is 2.92. The van der Waals surface area contributed by atoms with E-state index >= 15 is 0 Å². The molecule has 0 aromatic heterocycles. The van der Waals surface area contributed by atoms with Crippen molar-refractivity contribution in [3.05, 3.63) is 58.3 Å². The number of nitrogens with zero attached hydrogens (tertiary/aromatic N) is 1. The summed E-state index contributed by atoms with van der Waals surface area (Å²) in [7, 11) is 0. The first kappa shape index (κ1) is 15.0. The van der Waals surface area contributed by atoms with Gasteiger partial charge in [0.1, 0.15) is 5.82 Å². The highest BCUT2D eigenvalue weighted by Crippen LogP contribution is 2.22. The summed E-state index contributed by atoms with van der Waals surface area (Å²) in [6, 6.07) is 12.0. The van der Waals surface area contributed by atoms with Crippen LogP contribution < -0.4 is 10.2 Å². The second-order valence-electron chi connectivity index (χ2n) is 5.32. The van der Waals surface area contributed by atoms with Crippen LogP contribution in [0.2, 0.25) is 0 Å². The van der Waals surface area contributed by atoms with Gasteiger partial charge < -0.3 is 10.2 Å². The molecule has 0 bridgehead atoms. The van der Waals surface area contributed by atoms with Crippen molar-refractivity contribution in [3.8, 4) is 0 Å². The normalized spacial score (nSPS) is 14.2. The molecule has 1 N–H and O–H groups in total. The molecule has 3 nitrogen and oxygen atoms in total. The lowest BCUT2D eigenvalue weighted by molar-refractivity contribution is 0.102. The first-order valence-electron chi connectivity index (χ1n) is 7.25. The Hall–Kier alpha value is -1.88. The molecule has 0 unspecified atom stereocenters. The fourth-order valence-electron chi connectivity index (χ4n) is 2.58. The zero-order chi connectivity index (χ0) is 15.5. The van der Waals surface area contributed by atoms with Gasteiger partial charge >= 0.3 is 0 Å². The first-order chi connectivity index (χ1) is 10.6. The van der Waals surface area contributed by atoms with E-state index in [1.807, 2.05) is 12.1 Å². The summed E-state index contributed by atoms with van der Waals surface area (Å²) in [6.07, 6.45) is 2.43. The molecule has 1 aliphatic heterocycles. The highest BCUT2D eigenvalue weighted by atomic mass is 79.9. The van der Waals surface area contributed by atoms with Crippen molar-refractivity contribution in [2.75, 3.05) is 23.3 Å². The van der Waals surface area contributed by atoms with E-state index in [0.29, 0.717) is 10.0 Å². The van der Waals surface area contributed by atoms with E-state index in [2.05, 4.69) is 26.1 Å². The number of amides is 1. The van der Waals surface area contributed by atoms with Gasteiger partial charge in [-0.1, -0.05) is 15.9 Å². The van der Waals surface area contributed by atoms with Crippen LogP contribution >= 0.6 is 15.9 Å². The van der Waals surface area contributed by atoms with E-state index in [0.717, 1.165) is 18.8 Å². The summed E-state index contributed by atoms with van der Waals surface area (Å²) in [5.74, 6) is -0.773. The Labute approximate surface area is 137 Å². The lowest BCUT2D eigenvalue weighted by Crippen LogP contribution is -2.18. The maximum atomic E-state index is 13.7. The van der Waals surface area contributed by atoms with Crippen molar-refractivity contribution in [1.29, 1.82) is 0 Å². The Morgan fingerprint density at radius 1 is 1.09 bits per heavy atom. The summed E-state index contributed by atoms with van der Waals surface area (Å²) in [5.41, 5.74) is 1.82. The van der Waals surface area contributed by atoms with Gasteiger partial charge in [0.15, 0.2) is 0 Å². The molecule has 114 valence electrons. The molecule has 5 heteroatoms. The molecule has 1 saturated heterocycles. The summed E-state index contributed by atoms with van der Waals surface area (Å²) in [4.78, 5) is 14.5. The van der Waals surface area contributed by atoms with Crippen molar-refractivity contribution < 1.29 is 9.18 Å². The molecule has 1 aliphatic rings. The average Bonchev–Trinajstić information content (AvgIpc) is 3.04. The fraction of sp³-hybridized carbons (Fsp3) is 0.235. The zero-order valence-corrected chi connectivity index (χ0v) is 13.6. The molecule has 3 rings (SSSR count). The molecule has 22 heavy (non-hydrogen) atoms. The van der Waals surface area contributed by atoms with E-state index in [1.54, 1.807) is 18.2 Å². The number of benzene rings is 2. The molecule has 0 radical (unpaired) electrons. The van der Waals surface area contributed by atoms with Crippen molar-refractivity contribution in [3.63, 3.8) is 0 Å². The molecular weight excluding hydrogens is 347 g/mol. The Balaban J connectivity index is 1.71. The predicted octanol–water partition coefficient (Wildman–Crippen LogP) is 4.44. The summed E-state index contributed by atoms with van der Waals surface area (Å²) in [6.45, 7) is 2.13. The second kappa shape index (κ2) is 6.48. The summed E-state index contributed by atoms with van der Waals surface area (Å²) < 4.78 is 14.4. The zero-order valence-electron chi connectivity index (χ0n) is 12.0. The number of nitrogens with one attached hydrogen (secondary N) is 1. The minimum absolute atomic E-state index is 0.178. The van der Waals surface area contributed by atoms with E-state index in [4.69, 9.17) is 0 Å². The molecule has 0 atom stereocenters. The predicted molar refractivity (Wildman–Crippen MR) is 89.9 cm³/mol. The van der Waals surface area contributed by atoms with Crippen molar-refractivity contribution in [2.24, 2.45) is 0 Å². The van der Waals surface area contributed by atoms with Crippen LogP contribution in [0, 0.1) is 5.82 Å². The Kier molecular flexibility index (Phi) is 4.43. The topological polar surface area (TPSA) is 32.3 Å². The Bertz CT molecular complexity index is 682. The average molecular weight is 363 g/mol. The van der Waals surface area contributed by atoms with Gasteiger partial charge in [-0.15, -0.1) is 0 Å². The van der Waals surface area contributed by atoms with Crippen LogP contribution in [0.4, 0.5) is 15.8 Å². The van der Waals surface area contributed by atoms with Gasteiger partial charge in [0.25, 0.3) is 5.91 Å². The van der Waals surface area contributed by atoms with Crippen molar-refractivity contribution >= 4 is 33.2 Å². The molecule has 1 fully saturated rings. The van der Waals surface area contributed by atoms with E-state index in [1.165, 1.54) is 25.0 Å². The lowest BCUT2D eigenvalue weighted by atomic mass is 10.1. The smallest absolute Gasteiger partial charge is 0.255 e. The maximum absolute atomic E-state index is 13.7. The third-order valence-corrected chi connectivity index (χ3v) is 4.27. The van der Waals surface area contributed by atoms with Gasteiger partial charge in [-0.25, -0.2) is 4.39 Å². The van der Waals surface area contributed by atoms with E-state index < -0.39 is 5.82 Å². The van der Waals surface area contributed by atoms with Crippen LogP contribution in [0.1, 0.15) is 23.2 Å². The third kappa shape index (κ3) is 3.30. The highest BCUT2D eigenvalue weighted by Gasteiger charge is 2.14. The highest BCUT2D eigenvalue weighted by molar-refractivity contribution is 9.10. The van der Waals surface area contributed by atoms with Crippen LogP contribution in [0.3, 0.4) is 0 Å². The number of anilines is 2. The Morgan fingerprint density at radius 3 is 2.41 bits per heavy atom. The molecule has 0 aliphatic carbocycles. The number of halogens is 2. The van der Waals surface area contributed by atoms with E-state index in [-0.39, 0.29) is 11.6 Å². The quantitative estimate of drug-likeness (QED) is 0.875. The van der Waals surface area contributed by atoms with Crippen LogP contribution in [0.15, 0.2) is 46.9 Å². The van der Waals surface area contributed by atoms with E-state index in [9.17, 15) is 9.18 Å². The second-order valence-corrected chi connectivity index (χ2v) is 6.23. The molecule has 2 aromatic rings. The largest absolute Gasteiger partial charge is 0.372 e. The lowest BCUT2D eigenvalue weighted by Gasteiger charge is -2.17. The van der Waals surface area contributed by atoms with Gasteiger partial charge in [-0.2, -0.15) is 0 Å².